The number of fused-ring (bicyclic) bond motifs is 1. The summed E-state index contributed by atoms with van der Waals surface area (Å²) in [6.07, 6.45) is 5.17. The van der Waals surface area contributed by atoms with Crippen molar-refractivity contribution in [1.29, 1.82) is 0 Å². The second-order valence-electron chi connectivity index (χ2n) is 6.74. The molecular weight excluding hydrogens is 354 g/mol. The highest BCUT2D eigenvalue weighted by Crippen LogP contribution is 2.27. The molecular formula is C20H21N7O. The van der Waals surface area contributed by atoms with E-state index >= 15 is 0 Å². The number of piperazine rings is 1. The number of furan rings is 1. The Morgan fingerprint density at radius 2 is 1.96 bits per heavy atom. The largest absolute Gasteiger partial charge is 0.467 e. The zero-order valence-corrected chi connectivity index (χ0v) is 15.4. The molecule has 0 bridgehead atoms. The third-order valence-electron chi connectivity index (χ3n) is 4.99. The second-order valence-corrected chi connectivity index (χ2v) is 6.74. The molecule has 3 aromatic heterocycles. The van der Waals surface area contributed by atoms with E-state index in [-0.39, 0.29) is 0 Å². The van der Waals surface area contributed by atoms with Crippen LogP contribution in [-0.4, -0.2) is 45.8 Å². The van der Waals surface area contributed by atoms with Crippen molar-refractivity contribution in [2.45, 2.75) is 6.54 Å². The number of benzene rings is 1. The average Bonchev–Trinajstić information content (AvgIpc) is 3.45. The molecule has 0 spiro atoms. The van der Waals surface area contributed by atoms with Crippen LogP contribution < -0.4 is 15.5 Å². The van der Waals surface area contributed by atoms with Gasteiger partial charge in [-0.2, -0.15) is 0 Å². The third kappa shape index (κ3) is 3.18. The van der Waals surface area contributed by atoms with Gasteiger partial charge in [-0.15, -0.1) is 10.2 Å². The van der Waals surface area contributed by atoms with Gasteiger partial charge in [-0.3, -0.25) is 4.40 Å². The van der Waals surface area contributed by atoms with Crippen LogP contribution in [0.15, 0.2) is 59.6 Å². The first-order chi connectivity index (χ1) is 13.9. The lowest BCUT2D eigenvalue weighted by Crippen LogP contribution is -2.43. The SMILES string of the molecule is c1coc(CNc2ncc(-c3ccc(N4CCNCC4)cc3)c3nncn23)c1. The van der Waals surface area contributed by atoms with Crippen LogP contribution in [0.1, 0.15) is 5.76 Å². The summed E-state index contributed by atoms with van der Waals surface area (Å²) >= 11 is 0. The minimum absolute atomic E-state index is 0.548. The van der Waals surface area contributed by atoms with E-state index in [1.165, 1.54) is 5.69 Å². The Hall–Kier alpha value is -3.39. The highest BCUT2D eigenvalue weighted by atomic mass is 16.3. The van der Waals surface area contributed by atoms with Gasteiger partial charge in [0.25, 0.3) is 0 Å². The average molecular weight is 375 g/mol. The number of hydrogen-bond acceptors (Lipinski definition) is 7. The number of rotatable bonds is 5. The van der Waals surface area contributed by atoms with Gasteiger partial charge in [0.15, 0.2) is 5.65 Å². The monoisotopic (exact) mass is 375 g/mol. The Morgan fingerprint density at radius 1 is 1.11 bits per heavy atom. The predicted octanol–water partition coefficient (Wildman–Crippen LogP) is 2.41. The Bertz CT molecular complexity index is 1050. The van der Waals surface area contributed by atoms with Gasteiger partial charge in [-0.25, -0.2) is 4.98 Å². The molecule has 0 aliphatic carbocycles. The van der Waals surface area contributed by atoms with E-state index in [0.717, 1.165) is 48.7 Å². The van der Waals surface area contributed by atoms with Crippen molar-refractivity contribution in [2.75, 3.05) is 36.4 Å². The summed E-state index contributed by atoms with van der Waals surface area (Å²) < 4.78 is 7.23. The molecule has 8 nitrogen and oxygen atoms in total. The van der Waals surface area contributed by atoms with Crippen LogP contribution in [0.3, 0.4) is 0 Å². The van der Waals surface area contributed by atoms with Gasteiger partial charge in [-0.1, -0.05) is 12.1 Å². The van der Waals surface area contributed by atoms with Crippen molar-refractivity contribution in [3.8, 4) is 11.1 Å². The molecule has 0 saturated carbocycles. The molecule has 1 saturated heterocycles. The number of nitrogens with one attached hydrogen (secondary N) is 2. The van der Waals surface area contributed by atoms with Crippen LogP contribution in [0.5, 0.6) is 0 Å². The van der Waals surface area contributed by atoms with Gasteiger partial charge in [0.1, 0.15) is 12.1 Å². The lowest BCUT2D eigenvalue weighted by molar-refractivity contribution is 0.517. The lowest BCUT2D eigenvalue weighted by atomic mass is 10.1. The topological polar surface area (TPSA) is 83.5 Å². The van der Waals surface area contributed by atoms with Crippen molar-refractivity contribution >= 4 is 17.3 Å². The second kappa shape index (κ2) is 7.32. The molecule has 8 heteroatoms. The van der Waals surface area contributed by atoms with Crippen LogP contribution in [0.4, 0.5) is 11.6 Å². The molecule has 0 radical (unpaired) electrons. The molecule has 142 valence electrons. The number of hydrogen-bond donors (Lipinski definition) is 2. The summed E-state index contributed by atoms with van der Waals surface area (Å²) in [5.74, 6) is 1.52. The molecule has 2 N–H and O–H groups in total. The molecule has 0 unspecified atom stereocenters. The van der Waals surface area contributed by atoms with Gasteiger partial charge < -0.3 is 20.0 Å². The van der Waals surface area contributed by atoms with Crippen molar-refractivity contribution in [2.24, 2.45) is 0 Å². The maximum absolute atomic E-state index is 5.36. The van der Waals surface area contributed by atoms with Crippen molar-refractivity contribution in [1.82, 2.24) is 24.9 Å². The molecule has 28 heavy (non-hydrogen) atoms. The van der Waals surface area contributed by atoms with Gasteiger partial charge in [0, 0.05) is 43.6 Å². The van der Waals surface area contributed by atoms with E-state index in [9.17, 15) is 0 Å². The standard InChI is InChI=1S/C20H21N7O/c1-2-17(28-11-1)12-22-20-23-13-18(19-25-24-14-27(19)20)15-3-5-16(6-4-15)26-9-7-21-8-10-26/h1-6,11,13-14,21H,7-10,12H2,(H,22,23). The van der Waals surface area contributed by atoms with Crippen molar-refractivity contribution in [3.63, 3.8) is 0 Å². The number of anilines is 2. The number of nitrogens with zero attached hydrogens (tertiary/aromatic N) is 5. The minimum atomic E-state index is 0.548. The molecule has 0 amide bonds. The summed E-state index contributed by atoms with van der Waals surface area (Å²) in [6, 6.07) is 12.4. The normalized spacial score (nSPS) is 14.5. The summed E-state index contributed by atoms with van der Waals surface area (Å²) in [6.45, 7) is 4.67. The first kappa shape index (κ1) is 16.8. The summed E-state index contributed by atoms with van der Waals surface area (Å²) in [4.78, 5) is 6.97. The molecule has 1 aliphatic heterocycles. The van der Waals surface area contributed by atoms with Crippen LogP contribution in [0.25, 0.3) is 16.8 Å². The highest BCUT2D eigenvalue weighted by Gasteiger charge is 2.13. The molecule has 1 aliphatic rings. The summed E-state index contributed by atoms with van der Waals surface area (Å²) in [7, 11) is 0. The van der Waals surface area contributed by atoms with Crippen LogP contribution >= 0.6 is 0 Å². The van der Waals surface area contributed by atoms with Gasteiger partial charge in [-0.05, 0) is 29.8 Å². The Kier molecular flexibility index (Phi) is 4.38. The van der Waals surface area contributed by atoms with E-state index < -0.39 is 0 Å². The molecule has 4 heterocycles. The fraction of sp³-hybridized carbons (Fsp3) is 0.250. The van der Waals surface area contributed by atoms with Crippen molar-refractivity contribution < 1.29 is 4.42 Å². The first-order valence-corrected chi connectivity index (χ1v) is 9.39. The zero-order chi connectivity index (χ0) is 18.8. The van der Waals surface area contributed by atoms with E-state index in [0.29, 0.717) is 12.5 Å². The Balaban J connectivity index is 1.41. The molecule has 1 aromatic carbocycles. The van der Waals surface area contributed by atoms with Crippen LogP contribution in [-0.2, 0) is 6.54 Å². The quantitative estimate of drug-likeness (QED) is 0.554. The minimum Gasteiger partial charge on any atom is -0.467 e. The summed E-state index contributed by atoms with van der Waals surface area (Å²) in [5.41, 5.74) is 4.04. The van der Waals surface area contributed by atoms with Gasteiger partial charge in [0.05, 0.1) is 12.8 Å². The molecule has 0 atom stereocenters. The zero-order valence-electron chi connectivity index (χ0n) is 15.4. The van der Waals surface area contributed by atoms with Crippen LogP contribution in [0.2, 0.25) is 0 Å². The highest BCUT2D eigenvalue weighted by molar-refractivity contribution is 5.78. The maximum atomic E-state index is 5.36. The van der Waals surface area contributed by atoms with E-state index in [4.69, 9.17) is 4.42 Å². The van der Waals surface area contributed by atoms with E-state index in [1.807, 2.05) is 22.7 Å². The lowest BCUT2D eigenvalue weighted by Gasteiger charge is -2.29. The first-order valence-electron chi connectivity index (χ1n) is 9.39. The Labute approximate surface area is 162 Å². The van der Waals surface area contributed by atoms with E-state index in [1.54, 1.807) is 12.6 Å². The van der Waals surface area contributed by atoms with Crippen LogP contribution in [0, 0.1) is 0 Å². The van der Waals surface area contributed by atoms with Gasteiger partial charge >= 0.3 is 0 Å². The van der Waals surface area contributed by atoms with Gasteiger partial charge in [0.2, 0.25) is 5.95 Å². The smallest absolute Gasteiger partial charge is 0.210 e. The summed E-state index contributed by atoms with van der Waals surface area (Å²) in [5, 5.41) is 15.0. The molecule has 5 rings (SSSR count). The molecule has 1 fully saturated rings. The maximum Gasteiger partial charge on any atom is 0.210 e. The fourth-order valence-electron chi connectivity index (χ4n) is 3.51. The fourth-order valence-corrected chi connectivity index (χ4v) is 3.51. The van der Waals surface area contributed by atoms with Crippen molar-refractivity contribution in [3.05, 3.63) is 60.9 Å². The number of aromatic nitrogens is 4. The molecule has 4 aromatic rings. The predicted molar refractivity (Wildman–Crippen MR) is 107 cm³/mol. The Morgan fingerprint density at radius 3 is 2.75 bits per heavy atom. The van der Waals surface area contributed by atoms with E-state index in [2.05, 4.69) is 55.0 Å². The third-order valence-corrected chi connectivity index (χ3v) is 4.99.